The first-order chi connectivity index (χ1) is 10.6. The summed E-state index contributed by atoms with van der Waals surface area (Å²) in [4.78, 5) is 23.1. The van der Waals surface area contributed by atoms with Crippen molar-refractivity contribution in [2.75, 3.05) is 26.2 Å². The summed E-state index contributed by atoms with van der Waals surface area (Å²) < 4.78 is 0. The van der Waals surface area contributed by atoms with E-state index in [1.807, 2.05) is 24.6 Å². The highest BCUT2D eigenvalue weighted by molar-refractivity contribution is 5.65. The van der Waals surface area contributed by atoms with Crippen molar-refractivity contribution in [3.8, 4) is 0 Å². The third-order valence-electron chi connectivity index (χ3n) is 3.55. The van der Waals surface area contributed by atoms with Crippen molar-refractivity contribution in [1.29, 1.82) is 0 Å². The lowest BCUT2D eigenvalue weighted by molar-refractivity contribution is 0.156. The SMILES string of the molecule is Cc1ccccc1.O=C(O)N1CCCC1.O=[C+]N1CCCC1. The summed E-state index contributed by atoms with van der Waals surface area (Å²) in [5.74, 6) is 0. The van der Waals surface area contributed by atoms with Crippen LogP contribution in [0.25, 0.3) is 0 Å². The fraction of sp³-hybridized carbons (Fsp3) is 0.529. The van der Waals surface area contributed by atoms with Crippen LogP contribution in [0.4, 0.5) is 4.79 Å². The number of hydrogen-bond donors (Lipinski definition) is 1. The second-order valence-electron chi connectivity index (χ2n) is 5.42. The summed E-state index contributed by atoms with van der Waals surface area (Å²) in [5.41, 5.74) is 1.32. The first-order valence-electron chi connectivity index (χ1n) is 7.75. The molecule has 0 unspecified atom stereocenters. The van der Waals surface area contributed by atoms with Crippen molar-refractivity contribution < 1.29 is 14.7 Å². The molecule has 2 saturated heterocycles. The summed E-state index contributed by atoms with van der Waals surface area (Å²) in [7, 11) is 0. The molecule has 2 aliphatic heterocycles. The summed E-state index contributed by atoms with van der Waals surface area (Å²) in [6.45, 7) is 5.39. The third kappa shape index (κ3) is 7.60. The van der Waals surface area contributed by atoms with Crippen molar-refractivity contribution in [3.63, 3.8) is 0 Å². The van der Waals surface area contributed by atoms with E-state index in [1.165, 1.54) is 10.5 Å². The van der Waals surface area contributed by atoms with E-state index in [0.29, 0.717) is 0 Å². The van der Waals surface area contributed by atoms with Gasteiger partial charge in [0.05, 0.1) is 17.9 Å². The van der Waals surface area contributed by atoms with Gasteiger partial charge in [-0.05, 0) is 32.6 Å². The molecule has 1 aromatic carbocycles. The van der Waals surface area contributed by atoms with Crippen LogP contribution in [0, 0.1) is 6.92 Å². The van der Waals surface area contributed by atoms with Crippen LogP contribution in [0.2, 0.25) is 0 Å². The molecule has 0 bridgehead atoms. The Kier molecular flexibility index (Phi) is 8.61. The van der Waals surface area contributed by atoms with E-state index in [9.17, 15) is 9.59 Å². The number of benzene rings is 1. The summed E-state index contributed by atoms with van der Waals surface area (Å²) in [6.07, 6.45) is 5.46. The van der Waals surface area contributed by atoms with E-state index in [0.717, 1.165) is 51.9 Å². The van der Waals surface area contributed by atoms with Crippen molar-refractivity contribution >= 4 is 12.5 Å². The van der Waals surface area contributed by atoms with Gasteiger partial charge in [-0.15, -0.1) is 4.90 Å². The first-order valence-corrected chi connectivity index (χ1v) is 7.75. The quantitative estimate of drug-likeness (QED) is 0.812. The van der Waals surface area contributed by atoms with Gasteiger partial charge in [-0.3, -0.25) is 0 Å². The Morgan fingerprint density at radius 2 is 1.50 bits per heavy atom. The Bertz CT molecular complexity index is 425. The van der Waals surface area contributed by atoms with E-state index >= 15 is 0 Å². The highest BCUT2D eigenvalue weighted by Crippen LogP contribution is 2.06. The van der Waals surface area contributed by atoms with Gasteiger partial charge in [0.2, 0.25) is 0 Å². The van der Waals surface area contributed by atoms with Crippen LogP contribution in [0.15, 0.2) is 30.3 Å². The van der Waals surface area contributed by atoms with Gasteiger partial charge in [-0.25, -0.2) is 4.79 Å². The molecule has 0 aromatic heterocycles. The first kappa shape index (κ1) is 17.9. The van der Waals surface area contributed by atoms with E-state index in [2.05, 4.69) is 19.1 Å². The standard InChI is InChI=1S/C7H8.C5H9NO2.C5H8NO/c1-7-5-3-2-4-6-7;7-5(8)6-3-1-2-4-6;7-5-6-3-1-2-4-6/h2-6H,1H3;1-4H2,(H,7,8);1-4H2/q;;+1. The molecule has 0 aliphatic carbocycles. The van der Waals surface area contributed by atoms with Gasteiger partial charge < -0.3 is 10.0 Å². The number of rotatable bonds is 1. The summed E-state index contributed by atoms with van der Waals surface area (Å²) >= 11 is 0. The van der Waals surface area contributed by atoms with Crippen LogP contribution in [0.3, 0.4) is 0 Å². The molecule has 120 valence electrons. The van der Waals surface area contributed by atoms with Crippen molar-refractivity contribution in [1.82, 2.24) is 9.80 Å². The number of likely N-dealkylation sites (tertiary alicyclic amines) is 2. The lowest BCUT2D eigenvalue weighted by Gasteiger charge is -2.07. The monoisotopic (exact) mass is 305 g/mol. The normalized spacial score (nSPS) is 16.0. The van der Waals surface area contributed by atoms with Crippen LogP contribution < -0.4 is 0 Å². The summed E-state index contributed by atoms with van der Waals surface area (Å²) in [5, 5.41) is 8.34. The molecule has 0 radical (unpaired) electrons. The van der Waals surface area contributed by atoms with Gasteiger partial charge in [0.1, 0.15) is 0 Å². The molecule has 2 fully saturated rings. The van der Waals surface area contributed by atoms with E-state index in [4.69, 9.17) is 5.11 Å². The van der Waals surface area contributed by atoms with E-state index in [-0.39, 0.29) is 0 Å². The second kappa shape index (κ2) is 10.6. The van der Waals surface area contributed by atoms with Gasteiger partial charge in [0.25, 0.3) is 0 Å². The number of carbonyl (C=O) groups excluding carboxylic acids is 1. The Labute approximate surface area is 132 Å². The molecule has 0 saturated carbocycles. The van der Waals surface area contributed by atoms with Crippen molar-refractivity contribution in [3.05, 3.63) is 35.9 Å². The molecule has 5 heteroatoms. The zero-order chi connectivity index (χ0) is 16.2. The molecule has 22 heavy (non-hydrogen) atoms. The van der Waals surface area contributed by atoms with Gasteiger partial charge in [0.15, 0.2) is 0 Å². The molecule has 0 spiro atoms. The zero-order valence-electron chi connectivity index (χ0n) is 13.2. The predicted octanol–water partition coefficient (Wildman–Crippen LogP) is 2.90. The predicted molar refractivity (Wildman–Crippen MR) is 86.5 cm³/mol. The molecule has 2 aliphatic rings. The largest absolute Gasteiger partial charge is 0.667 e. The molecule has 1 aromatic rings. The molecular formula is C17H25N2O3+. The topological polar surface area (TPSA) is 60.9 Å². The minimum absolute atomic E-state index is 0.731. The molecule has 2 amide bonds. The fourth-order valence-corrected chi connectivity index (χ4v) is 2.25. The minimum Gasteiger partial charge on any atom is -0.465 e. The van der Waals surface area contributed by atoms with Crippen molar-refractivity contribution in [2.45, 2.75) is 32.6 Å². The molecule has 1 N–H and O–H groups in total. The lowest BCUT2D eigenvalue weighted by atomic mass is 10.2. The smallest absolute Gasteiger partial charge is 0.465 e. The maximum absolute atomic E-state index is 10.1. The van der Waals surface area contributed by atoms with Gasteiger partial charge in [0, 0.05) is 13.1 Å². The maximum atomic E-state index is 10.1. The van der Waals surface area contributed by atoms with Crippen LogP contribution in [0.1, 0.15) is 31.2 Å². The molecule has 2 heterocycles. The van der Waals surface area contributed by atoms with Gasteiger partial charge >= 0.3 is 12.5 Å². The van der Waals surface area contributed by atoms with Crippen LogP contribution in [-0.2, 0) is 4.79 Å². The molecule has 0 atom stereocenters. The summed E-state index contributed by atoms with van der Waals surface area (Å²) in [6, 6.07) is 10.3. The van der Waals surface area contributed by atoms with Gasteiger partial charge in [-0.1, -0.05) is 35.9 Å². The number of aryl methyl sites for hydroxylation is 1. The average molecular weight is 305 g/mol. The molecular weight excluding hydrogens is 280 g/mol. The van der Waals surface area contributed by atoms with Crippen LogP contribution >= 0.6 is 0 Å². The number of nitrogens with zero attached hydrogens (tertiary/aromatic N) is 2. The Morgan fingerprint density at radius 1 is 1.00 bits per heavy atom. The highest BCUT2D eigenvalue weighted by Gasteiger charge is 2.19. The zero-order valence-corrected chi connectivity index (χ0v) is 13.2. The Hall–Kier alpha value is -2.13. The van der Waals surface area contributed by atoms with E-state index < -0.39 is 6.09 Å². The average Bonchev–Trinajstić information content (AvgIpc) is 3.23. The lowest BCUT2D eigenvalue weighted by Crippen LogP contribution is -2.25. The fourth-order valence-electron chi connectivity index (χ4n) is 2.25. The minimum atomic E-state index is -0.775. The Balaban J connectivity index is 0.000000166. The van der Waals surface area contributed by atoms with Gasteiger partial charge in [-0.2, -0.15) is 0 Å². The number of hydrogen-bond acceptors (Lipinski definition) is 2. The second-order valence-corrected chi connectivity index (χ2v) is 5.42. The van der Waals surface area contributed by atoms with Crippen molar-refractivity contribution in [2.24, 2.45) is 0 Å². The highest BCUT2D eigenvalue weighted by atomic mass is 16.4. The molecule has 5 nitrogen and oxygen atoms in total. The van der Waals surface area contributed by atoms with Crippen LogP contribution in [0.5, 0.6) is 0 Å². The number of amides is 2. The Morgan fingerprint density at radius 3 is 1.77 bits per heavy atom. The number of carbonyl (C=O) groups is 1. The number of carboxylic acid groups (broad SMARTS) is 1. The molecule has 3 rings (SSSR count). The van der Waals surface area contributed by atoms with E-state index in [1.54, 1.807) is 4.90 Å². The maximum Gasteiger partial charge on any atom is 0.667 e. The van der Waals surface area contributed by atoms with Crippen LogP contribution in [-0.4, -0.2) is 53.6 Å². The third-order valence-corrected chi connectivity index (χ3v) is 3.55.